The lowest BCUT2D eigenvalue weighted by atomic mass is 9.80. The summed E-state index contributed by atoms with van der Waals surface area (Å²) in [6.45, 7) is 10.7. The second kappa shape index (κ2) is 20.4. The van der Waals surface area contributed by atoms with Crippen LogP contribution in [0.5, 0.6) is 0 Å². The molecule has 0 spiro atoms. The summed E-state index contributed by atoms with van der Waals surface area (Å²) in [7, 11) is 0. The Morgan fingerprint density at radius 3 is 1.59 bits per heavy atom. The molecule has 0 radical (unpaired) electrons. The first-order valence-corrected chi connectivity index (χ1v) is 14.6. The highest BCUT2D eigenvalue weighted by atomic mass is 32.1. The van der Waals surface area contributed by atoms with E-state index in [0.29, 0.717) is 12.5 Å². The van der Waals surface area contributed by atoms with Crippen LogP contribution in [0.2, 0.25) is 0 Å². The molecule has 0 aromatic rings. The number of thiol groups is 1. The fourth-order valence-electron chi connectivity index (χ4n) is 5.26. The summed E-state index contributed by atoms with van der Waals surface area (Å²) < 4.78 is -1.51. The summed E-state index contributed by atoms with van der Waals surface area (Å²) in [5.74, 6) is -2.43. The molecule has 3 atom stereocenters. The van der Waals surface area contributed by atoms with Gasteiger partial charge in [-0.25, -0.2) is 0 Å². The van der Waals surface area contributed by atoms with Crippen molar-refractivity contribution in [3.8, 4) is 0 Å². The van der Waals surface area contributed by atoms with E-state index in [1.807, 2.05) is 0 Å². The molecule has 0 aliphatic carbocycles. The average molecular weight is 502 g/mol. The van der Waals surface area contributed by atoms with Gasteiger partial charge in [0.25, 0.3) is 0 Å². The second-order valence-corrected chi connectivity index (χ2v) is 10.8. The molecule has 0 saturated heterocycles. The van der Waals surface area contributed by atoms with E-state index in [0.717, 1.165) is 45.2 Å². The number of unbranched alkanes of at least 4 members (excludes halogenated alkanes) is 11. The maximum absolute atomic E-state index is 12.1. The first-order chi connectivity index (χ1) is 16.3. The van der Waals surface area contributed by atoms with E-state index in [2.05, 4.69) is 45.2 Å². The zero-order valence-electron chi connectivity index (χ0n) is 22.7. The molecule has 34 heavy (non-hydrogen) atoms. The highest BCUT2D eigenvalue weighted by Crippen LogP contribution is 2.37. The Balaban J connectivity index is 4.67. The summed E-state index contributed by atoms with van der Waals surface area (Å²) >= 11 is 4.50. The Hall–Kier alpha value is -0.750. The molecule has 0 rings (SSSR count). The van der Waals surface area contributed by atoms with Crippen molar-refractivity contribution in [2.24, 2.45) is 5.92 Å². The van der Waals surface area contributed by atoms with Crippen LogP contribution in [0.4, 0.5) is 0 Å². The number of hydrogen-bond donors (Lipinski definition) is 3. The summed E-state index contributed by atoms with van der Waals surface area (Å²) in [4.78, 5) is 26.0. The number of hydrogen-bond acceptors (Lipinski definition) is 4. The normalized spacial score (nSPS) is 15.2. The van der Waals surface area contributed by atoms with Crippen LogP contribution in [0.3, 0.4) is 0 Å². The van der Waals surface area contributed by atoms with E-state index in [-0.39, 0.29) is 5.92 Å². The lowest BCUT2D eigenvalue weighted by molar-refractivity contribution is -0.148. The summed E-state index contributed by atoms with van der Waals surface area (Å²) in [6, 6.07) is 0.399. The van der Waals surface area contributed by atoms with Crippen molar-refractivity contribution in [2.45, 2.75) is 148 Å². The van der Waals surface area contributed by atoms with E-state index in [1.165, 1.54) is 64.2 Å². The molecule has 2 N–H and O–H groups in total. The quantitative estimate of drug-likeness (QED) is 0.0928. The molecular weight excluding hydrogens is 446 g/mol. The van der Waals surface area contributed by atoms with Crippen LogP contribution in [-0.2, 0) is 9.59 Å². The van der Waals surface area contributed by atoms with E-state index in [1.54, 1.807) is 0 Å². The van der Waals surface area contributed by atoms with Crippen molar-refractivity contribution in [3.05, 3.63) is 0 Å². The van der Waals surface area contributed by atoms with Crippen molar-refractivity contribution in [1.29, 1.82) is 0 Å². The molecule has 202 valence electrons. The van der Waals surface area contributed by atoms with E-state index >= 15 is 0 Å². The number of carboxylic acid groups (broad SMARTS) is 2. The van der Waals surface area contributed by atoms with Crippen LogP contribution >= 0.6 is 12.6 Å². The molecule has 0 aliphatic heterocycles. The molecule has 0 fully saturated rings. The summed E-state index contributed by atoms with van der Waals surface area (Å²) in [5.41, 5.74) is 0. The zero-order valence-corrected chi connectivity index (χ0v) is 23.6. The van der Waals surface area contributed by atoms with Gasteiger partial charge >= 0.3 is 11.9 Å². The molecule has 0 saturated carbocycles. The number of rotatable bonds is 24. The third-order valence-electron chi connectivity index (χ3n) is 7.52. The number of aliphatic carboxylic acids is 2. The predicted molar refractivity (Wildman–Crippen MR) is 147 cm³/mol. The largest absolute Gasteiger partial charge is 0.481 e. The Bertz CT molecular complexity index is 527. The van der Waals surface area contributed by atoms with Crippen molar-refractivity contribution >= 4 is 24.6 Å². The first kappa shape index (κ1) is 33.2. The van der Waals surface area contributed by atoms with E-state index < -0.39 is 23.1 Å². The Morgan fingerprint density at radius 1 is 0.735 bits per heavy atom. The minimum Gasteiger partial charge on any atom is -0.481 e. The van der Waals surface area contributed by atoms with E-state index in [4.69, 9.17) is 0 Å². The van der Waals surface area contributed by atoms with Crippen molar-refractivity contribution in [1.82, 2.24) is 4.90 Å². The van der Waals surface area contributed by atoms with Gasteiger partial charge in [-0.2, -0.15) is 12.6 Å². The van der Waals surface area contributed by atoms with Gasteiger partial charge in [0.2, 0.25) is 0 Å². The van der Waals surface area contributed by atoms with Crippen molar-refractivity contribution in [3.63, 3.8) is 0 Å². The van der Waals surface area contributed by atoms with Crippen LogP contribution in [0.1, 0.15) is 137 Å². The molecule has 0 aromatic carbocycles. The highest BCUT2D eigenvalue weighted by Gasteiger charge is 2.44. The summed E-state index contributed by atoms with van der Waals surface area (Å²) in [6.07, 6.45) is 18.0. The summed E-state index contributed by atoms with van der Waals surface area (Å²) in [5, 5.41) is 19.3. The van der Waals surface area contributed by atoms with E-state index in [9.17, 15) is 19.8 Å². The number of carbonyl (C=O) groups is 2. The zero-order chi connectivity index (χ0) is 25.8. The number of nitrogens with zero attached hydrogens (tertiary/aromatic N) is 1. The molecule has 0 aromatic heterocycles. The molecule has 0 aliphatic rings. The third-order valence-corrected chi connectivity index (χ3v) is 8.24. The van der Waals surface area contributed by atoms with Gasteiger partial charge in [0.1, 0.15) is 4.75 Å². The van der Waals surface area contributed by atoms with Crippen molar-refractivity contribution in [2.75, 3.05) is 13.1 Å². The number of carboxylic acids is 2. The van der Waals surface area contributed by atoms with Gasteiger partial charge in [-0.05, 0) is 44.7 Å². The maximum atomic E-state index is 12.1. The lowest BCUT2D eigenvalue weighted by Gasteiger charge is -2.35. The molecular formula is C28H55NO4S. The van der Waals surface area contributed by atoms with Crippen LogP contribution in [0.25, 0.3) is 0 Å². The van der Waals surface area contributed by atoms with Gasteiger partial charge in [-0.3, -0.25) is 9.59 Å². The minimum absolute atomic E-state index is 0.239. The molecule has 0 amide bonds. The lowest BCUT2D eigenvalue weighted by Crippen LogP contribution is -2.44. The Kier molecular flexibility index (Phi) is 20.0. The van der Waals surface area contributed by atoms with Crippen LogP contribution < -0.4 is 0 Å². The van der Waals surface area contributed by atoms with Gasteiger partial charge in [0.15, 0.2) is 0 Å². The maximum Gasteiger partial charge on any atom is 0.320 e. The molecule has 6 heteroatoms. The van der Waals surface area contributed by atoms with Crippen molar-refractivity contribution < 1.29 is 19.8 Å². The molecule has 3 unspecified atom stereocenters. The first-order valence-electron chi connectivity index (χ1n) is 14.2. The predicted octanol–water partition coefficient (Wildman–Crippen LogP) is 7.82. The van der Waals surface area contributed by atoms with Gasteiger partial charge in [-0.15, -0.1) is 0 Å². The van der Waals surface area contributed by atoms with Crippen LogP contribution in [-0.4, -0.2) is 50.9 Å². The van der Waals surface area contributed by atoms with Gasteiger partial charge in [-0.1, -0.05) is 105 Å². The minimum atomic E-state index is -1.51. The van der Waals surface area contributed by atoms with Gasteiger partial charge in [0.05, 0.1) is 6.42 Å². The standard InChI is InChI=1S/C28H55NO4S/c1-5-9-10-11-12-13-14-15-16-17-18-19-20-24(28(34,27(32)33)23-26(30)31)21-22-25(6-2)29(7-3)8-4/h24-25,34H,5-23H2,1-4H3,(H,30,31)(H,32,33). The van der Waals surface area contributed by atoms with Gasteiger partial charge < -0.3 is 15.1 Å². The highest BCUT2D eigenvalue weighted by molar-refractivity contribution is 7.82. The fraction of sp³-hybridized carbons (Fsp3) is 0.929. The Labute approximate surface area is 215 Å². The monoisotopic (exact) mass is 501 g/mol. The molecule has 0 bridgehead atoms. The topological polar surface area (TPSA) is 77.8 Å². The molecule has 5 nitrogen and oxygen atoms in total. The second-order valence-electron chi connectivity index (χ2n) is 10.0. The Morgan fingerprint density at radius 2 is 1.21 bits per heavy atom. The smallest absolute Gasteiger partial charge is 0.320 e. The SMILES string of the molecule is CCCCCCCCCCCCCCC(CCC(CC)N(CC)CC)C(S)(CC(=O)O)C(=O)O. The fourth-order valence-corrected chi connectivity index (χ4v) is 5.65. The van der Waals surface area contributed by atoms with Gasteiger partial charge in [0, 0.05) is 6.04 Å². The third kappa shape index (κ3) is 14.0. The van der Waals surface area contributed by atoms with Crippen LogP contribution in [0.15, 0.2) is 0 Å². The average Bonchev–Trinajstić information content (AvgIpc) is 2.80. The molecule has 0 heterocycles. The van der Waals surface area contributed by atoms with Crippen LogP contribution in [0, 0.1) is 5.92 Å².